The van der Waals surface area contributed by atoms with Gasteiger partial charge in [-0.15, -0.1) is 0 Å². The molecule has 0 aromatic heterocycles. The number of rotatable bonds is 11. The number of carbonyl (C=O) groups is 1. The first-order chi connectivity index (χ1) is 14.7. The van der Waals surface area contributed by atoms with Crippen molar-refractivity contribution in [2.45, 2.75) is 45.4 Å². The minimum atomic E-state index is -0.199. The lowest BCUT2D eigenvalue weighted by molar-refractivity contribution is 0.103. The van der Waals surface area contributed by atoms with Crippen LogP contribution in [0.15, 0.2) is 72.8 Å². The van der Waals surface area contributed by atoms with Gasteiger partial charge in [-0.1, -0.05) is 93.6 Å². The number of ketones is 1. The van der Waals surface area contributed by atoms with E-state index in [1.54, 1.807) is 24.3 Å². The van der Waals surface area contributed by atoms with Crippen LogP contribution in [0.5, 0.6) is 11.5 Å². The molecular weight excluding hydrogens is 372 g/mol. The Morgan fingerprint density at radius 2 is 1.47 bits per heavy atom. The lowest BCUT2D eigenvalue weighted by Crippen LogP contribution is -2.03. The molecule has 0 aliphatic rings. The minimum Gasteiger partial charge on any atom is -0.507 e. The molecule has 0 unspecified atom stereocenters. The Morgan fingerprint density at radius 1 is 0.800 bits per heavy atom. The van der Waals surface area contributed by atoms with Gasteiger partial charge in [0.2, 0.25) is 0 Å². The number of hydrogen-bond donors (Lipinski definition) is 1. The van der Waals surface area contributed by atoms with Gasteiger partial charge in [0.1, 0.15) is 11.5 Å². The zero-order chi connectivity index (χ0) is 21.2. The Bertz CT molecular complexity index is 930. The van der Waals surface area contributed by atoms with E-state index >= 15 is 0 Å². The number of ether oxygens (including phenoxy) is 1. The van der Waals surface area contributed by atoms with Crippen molar-refractivity contribution < 1.29 is 14.6 Å². The van der Waals surface area contributed by atoms with Crippen LogP contribution in [0.25, 0.3) is 11.1 Å². The summed E-state index contributed by atoms with van der Waals surface area (Å²) in [5.74, 6) is 0.346. The number of hydrogen-bond acceptors (Lipinski definition) is 3. The molecule has 30 heavy (non-hydrogen) atoms. The quantitative estimate of drug-likeness (QED) is 0.277. The summed E-state index contributed by atoms with van der Waals surface area (Å²) in [6.07, 6.45) is 7.21. The lowest BCUT2D eigenvalue weighted by atomic mass is 9.99. The second-order valence-corrected chi connectivity index (χ2v) is 7.57. The fraction of sp³-hybridized carbons (Fsp3) is 0.296. The third-order valence-corrected chi connectivity index (χ3v) is 5.23. The van der Waals surface area contributed by atoms with E-state index < -0.39 is 0 Å². The van der Waals surface area contributed by atoms with Crippen molar-refractivity contribution in [1.82, 2.24) is 0 Å². The van der Waals surface area contributed by atoms with Crippen molar-refractivity contribution in [1.29, 1.82) is 0 Å². The molecule has 0 radical (unpaired) electrons. The van der Waals surface area contributed by atoms with Gasteiger partial charge in [-0.05, 0) is 29.7 Å². The Morgan fingerprint density at radius 3 is 2.17 bits per heavy atom. The van der Waals surface area contributed by atoms with Crippen LogP contribution in [-0.2, 0) is 0 Å². The van der Waals surface area contributed by atoms with Crippen molar-refractivity contribution in [2.24, 2.45) is 0 Å². The Hall–Kier alpha value is -3.07. The SMILES string of the molecule is CCCCCCCCOc1ccc(C(=O)c2ccc(-c3ccccc3)cc2)c(O)c1. The molecule has 156 valence electrons. The first kappa shape index (κ1) is 21.6. The molecule has 0 saturated carbocycles. The maximum absolute atomic E-state index is 12.8. The van der Waals surface area contributed by atoms with Crippen LogP contribution in [0.3, 0.4) is 0 Å². The smallest absolute Gasteiger partial charge is 0.196 e. The fourth-order valence-corrected chi connectivity index (χ4v) is 3.47. The van der Waals surface area contributed by atoms with Crippen LogP contribution in [0.2, 0.25) is 0 Å². The van der Waals surface area contributed by atoms with E-state index in [2.05, 4.69) is 6.92 Å². The average molecular weight is 403 g/mol. The third kappa shape index (κ3) is 5.96. The Kier molecular flexibility index (Phi) is 8.08. The van der Waals surface area contributed by atoms with E-state index in [0.717, 1.165) is 24.0 Å². The van der Waals surface area contributed by atoms with E-state index in [-0.39, 0.29) is 17.1 Å². The van der Waals surface area contributed by atoms with Gasteiger partial charge in [0.15, 0.2) is 5.78 Å². The van der Waals surface area contributed by atoms with E-state index in [9.17, 15) is 9.90 Å². The standard InChI is InChI=1S/C27H30O3/c1-2-3-4-5-6-10-19-30-24-17-18-25(26(28)20-24)27(29)23-15-13-22(14-16-23)21-11-8-7-9-12-21/h7-9,11-18,20,28H,2-6,10,19H2,1H3. The number of phenols is 1. The third-order valence-electron chi connectivity index (χ3n) is 5.23. The van der Waals surface area contributed by atoms with Gasteiger partial charge in [-0.25, -0.2) is 0 Å². The summed E-state index contributed by atoms with van der Waals surface area (Å²) in [7, 11) is 0. The summed E-state index contributed by atoms with van der Waals surface area (Å²) < 4.78 is 5.73. The van der Waals surface area contributed by atoms with Crippen LogP contribution in [0.4, 0.5) is 0 Å². The molecule has 3 aromatic carbocycles. The molecule has 0 fully saturated rings. The minimum absolute atomic E-state index is 0.0485. The molecule has 3 rings (SSSR count). The Balaban J connectivity index is 1.57. The summed E-state index contributed by atoms with van der Waals surface area (Å²) in [6.45, 7) is 2.84. The van der Waals surface area contributed by atoms with Gasteiger partial charge in [-0.3, -0.25) is 4.79 Å². The number of benzene rings is 3. The Labute approximate surface area is 179 Å². The van der Waals surface area contributed by atoms with Crippen LogP contribution in [-0.4, -0.2) is 17.5 Å². The zero-order valence-corrected chi connectivity index (χ0v) is 17.6. The molecule has 0 amide bonds. The maximum Gasteiger partial charge on any atom is 0.196 e. The number of phenolic OH excluding ortho intramolecular Hbond substituents is 1. The molecule has 3 heteroatoms. The van der Waals surface area contributed by atoms with Gasteiger partial charge >= 0.3 is 0 Å². The van der Waals surface area contributed by atoms with Crippen molar-refractivity contribution in [3.05, 3.63) is 83.9 Å². The number of aromatic hydroxyl groups is 1. The van der Waals surface area contributed by atoms with Crippen LogP contribution < -0.4 is 4.74 Å². The lowest BCUT2D eigenvalue weighted by Gasteiger charge is -2.09. The number of carbonyl (C=O) groups excluding carboxylic acids is 1. The van der Waals surface area contributed by atoms with Crippen LogP contribution in [0.1, 0.15) is 61.4 Å². The zero-order valence-electron chi connectivity index (χ0n) is 17.6. The van der Waals surface area contributed by atoms with Crippen molar-refractivity contribution >= 4 is 5.78 Å². The first-order valence-electron chi connectivity index (χ1n) is 10.8. The molecule has 0 saturated heterocycles. The van der Waals surface area contributed by atoms with Gasteiger partial charge in [0, 0.05) is 11.6 Å². The van der Waals surface area contributed by atoms with Gasteiger partial charge in [-0.2, -0.15) is 0 Å². The predicted molar refractivity (Wildman–Crippen MR) is 122 cm³/mol. The highest BCUT2D eigenvalue weighted by molar-refractivity contribution is 6.10. The highest BCUT2D eigenvalue weighted by Gasteiger charge is 2.14. The molecule has 0 heterocycles. The molecule has 0 atom stereocenters. The summed E-state index contributed by atoms with van der Waals surface area (Å²) in [6, 6.07) is 22.4. The molecule has 3 aromatic rings. The second kappa shape index (κ2) is 11.2. The highest BCUT2D eigenvalue weighted by Crippen LogP contribution is 2.27. The number of unbranched alkanes of at least 4 members (excludes halogenated alkanes) is 5. The van der Waals surface area contributed by atoms with Gasteiger partial charge < -0.3 is 9.84 Å². The molecular formula is C27H30O3. The monoisotopic (exact) mass is 402 g/mol. The van der Waals surface area contributed by atoms with Crippen molar-refractivity contribution in [2.75, 3.05) is 6.61 Å². The van der Waals surface area contributed by atoms with E-state index in [4.69, 9.17) is 4.74 Å². The summed E-state index contributed by atoms with van der Waals surface area (Å²) in [5.41, 5.74) is 2.99. The molecule has 0 aliphatic carbocycles. The molecule has 1 N–H and O–H groups in total. The predicted octanol–water partition coefficient (Wildman–Crippen LogP) is 7.03. The van der Waals surface area contributed by atoms with Crippen molar-refractivity contribution in [3.8, 4) is 22.6 Å². The molecule has 3 nitrogen and oxygen atoms in total. The summed E-state index contributed by atoms with van der Waals surface area (Å²) in [4.78, 5) is 12.8. The van der Waals surface area contributed by atoms with Crippen LogP contribution >= 0.6 is 0 Å². The fourth-order valence-electron chi connectivity index (χ4n) is 3.47. The summed E-state index contributed by atoms with van der Waals surface area (Å²) in [5, 5.41) is 10.4. The maximum atomic E-state index is 12.8. The van der Waals surface area contributed by atoms with E-state index in [1.807, 2.05) is 42.5 Å². The normalized spacial score (nSPS) is 10.7. The molecule has 0 bridgehead atoms. The molecule has 0 spiro atoms. The topological polar surface area (TPSA) is 46.5 Å². The largest absolute Gasteiger partial charge is 0.507 e. The van der Waals surface area contributed by atoms with Gasteiger partial charge in [0.05, 0.1) is 12.2 Å². The first-order valence-corrected chi connectivity index (χ1v) is 10.8. The summed E-state index contributed by atoms with van der Waals surface area (Å²) >= 11 is 0. The van der Waals surface area contributed by atoms with E-state index in [1.165, 1.54) is 31.7 Å². The second-order valence-electron chi connectivity index (χ2n) is 7.57. The van der Waals surface area contributed by atoms with Crippen molar-refractivity contribution in [3.63, 3.8) is 0 Å². The highest BCUT2D eigenvalue weighted by atomic mass is 16.5. The van der Waals surface area contributed by atoms with Gasteiger partial charge in [0.25, 0.3) is 0 Å². The molecule has 0 aliphatic heterocycles. The van der Waals surface area contributed by atoms with Crippen LogP contribution in [0, 0.1) is 0 Å². The average Bonchev–Trinajstić information content (AvgIpc) is 2.79. The van der Waals surface area contributed by atoms with E-state index in [0.29, 0.717) is 17.9 Å².